The number of carbonyl (C=O) groups is 3. The molecular formula is C27H36F4N3O5-. The molecule has 3 rings (SSSR count). The van der Waals surface area contributed by atoms with Crippen molar-refractivity contribution in [2.45, 2.75) is 90.0 Å². The number of amides is 3. The fourth-order valence-corrected chi connectivity index (χ4v) is 5.60. The van der Waals surface area contributed by atoms with E-state index in [-0.39, 0.29) is 43.0 Å². The highest BCUT2D eigenvalue weighted by atomic mass is 19.4. The van der Waals surface area contributed by atoms with Crippen molar-refractivity contribution in [1.82, 2.24) is 15.1 Å². The van der Waals surface area contributed by atoms with Crippen molar-refractivity contribution in [3.63, 3.8) is 0 Å². The number of ether oxygens (including phenoxy) is 1. The van der Waals surface area contributed by atoms with Gasteiger partial charge in [-0.05, 0) is 89.0 Å². The van der Waals surface area contributed by atoms with Crippen LogP contribution in [0.3, 0.4) is 0 Å². The zero-order valence-corrected chi connectivity index (χ0v) is 22.6. The molecule has 0 spiro atoms. The summed E-state index contributed by atoms with van der Waals surface area (Å²) in [6.07, 6.45) is -4.81. The maximum absolute atomic E-state index is 13.9. The van der Waals surface area contributed by atoms with Gasteiger partial charge in [-0.3, -0.25) is 9.59 Å². The van der Waals surface area contributed by atoms with Crippen LogP contribution in [0.25, 0.3) is 0 Å². The first-order valence-corrected chi connectivity index (χ1v) is 13.2. The summed E-state index contributed by atoms with van der Waals surface area (Å²) in [5.74, 6) is -1.68. The number of hydrogen-bond donors (Lipinski definition) is 1. The lowest BCUT2D eigenvalue weighted by Gasteiger charge is -2.48. The van der Waals surface area contributed by atoms with Gasteiger partial charge in [0.05, 0.1) is 6.54 Å². The molecule has 0 aromatic heterocycles. The van der Waals surface area contributed by atoms with Gasteiger partial charge in [0, 0.05) is 23.7 Å². The Bertz CT molecular complexity index is 1020. The van der Waals surface area contributed by atoms with Crippen molar-refractivity contribution in [3.8, 4) is 5.75 Å². The second kappa shape index (κ2) is 12.0. The molecule has 0 bridgehead atoms. The van der Waals surface area contributed by atoms with E-state index in [2.05, 4.69) is 10.1 Å². The number of nitrogens with zero attached hydrogens (tertiary/aromatic N) is 2. The van der Waals surface area contributed by atoms with E-state index in [4.69, 9.17) is 0 Å². The number of halogens is 4. The molecule has 1 aliphatic heterocycles. The van der Waals surface area contributed by atoms with Crippen LogP contribution in [0, 0.1) is 11.8 Å². The van der Waals surface area contributed by atoms with E-state index in [0.29, 0.717) is 25.7 Å². The third kappa shape index (κ3) is 7.98. The molecule has 1 aromatic rings. The van der Waals surface area contributed by atoms with Crippen LogP contribution in [-0.2, 0) is 4.79 Å². The molecule has 1 heterocycles. The summed E-state index contributed by atoms with van der Waals surface area (Å²) in [5, 5.41) is 15.1. The molecule has 39 heavy (non-hydrogen) atoms. The molecule has 2 aliphatic rings. The molecule has 1 saturated heterocycles. The molecular weight excluding hydrogens is 522 g/mol. The summed E-state index contributed by atoms with van der Waals surface area (Å²) in [6, 6.07) is 3.42. The first-order valence-electron chi connectivity index (χ1n) is 13.2. The maximum atomic E-state index is 13.9. The fourth-order valence-electron chi connectivity index (χ4n) is 5.60. The quantitative estimate of drug-likeness (QED) is 0.512. The van der Waals surface area contributed by atoms with Crippen LogP contribution in [-0.4, -0.2) is 71.0 Å². The minimum atomic E-state index is -4.82. The predicted octanol–water partition coefficient (Wildman–Crippen LogP) is 3.89. The summed E-state index contributed by atoms with van der Waals surface area (Å²) in [7, 11) is 0. The first kappa shape index (κ1) is 30.5. The Morgan fingerprint density at radius 2 is 1.64 bits per heavy atom. The second-order valence-electron chi connectivity index (χ2n) is 11.4. The van der Waals surface area contributed by atoms with Gasteiger partial charge in [-0.25, -0.2) is 4.39 Å². The summed E-state index contributed by atoms with van der Waals surface area (Å²) in [4.78, 5) is 40.9. The number of nitrogens with one attached hydrogen (secondary N) is 1. The van der Waals surface area contributed by atoms with Gasteiger partial charge in [0.25, 0.3) is 5.91 Å². The van der Waals surface area contributed by atoms with Crippen molar-refractivity contribution in [2.24, 2.45) is 11.8 Å². The monoisotopic (exact) mass is 558 g/mol. The summed E-state index contributed by atoms with van der Waals surface area (Å²) < 4.78 is 54.8. The highest BCUT2D eigenvalue weighted by Gasteiger charge is 2.44. The van der Waals surface area contributed by atoms with E-state index in [1.807, 2.05) is 6.92 Å². The van der Waals surface area contributed by atoms with Crippen LogP contribution in [0.5, 0.6) is 5.75 Å². The molecule has 1 aromatic carbocycles. The Morgan fingerprint density at radius 3 is 2.10 bits per heavy atom. The number of hydrogen-bond acceptors (Lipinski definition) is 5. The third-order valence-corrected chi connectivity index (χ3v) is 7.59. The summed E-state index contributed by atoms with van der Waals surface area (Å²) >= 11 is 0. The molecule has 0 unspecified atom stereocenters. The van der Waals surface area contributed by atoms with Crippen LogP contribution < -0.4 is 15.2 Å². The molecule has 3 amide bonds. The normalized spacial score (nSPS) is 23.6. The lowest BCUT2D eigenvalue weighted by molar-refractivity contribution is -0.275. The van der Waals surface area contributed by atoms with E-state index >= 15 is 0 Å². The minimum absolute atomic E-state index is 0.0288. The molecule has 1 N–H and O–H groups in total. The smallest absolute Gasteiger partial charge is 0.530 e. The van der Waals surface area contributed by atoms with Crippen LogP contribution in [0.15, 0.2) is 24.3 Å². The van der Waals surface area contributed by atoms with Gasteiger partial charge in [-0.15, -0.1) is 13.2 Å². The molecule has 1 saturated carbocycles. The number of benzene rings is 1. The van der Waals surface area contributed by atoms with Gasteiger partial charge in [0.1, 0.15) is 24.1 Å². The van der Waals surface area contributed by atoms with Crippen molar-refractivity contribution >= 4 is 17.9 Å². The van der Waals surface area contributed by atoms with Crippen LogP contribution in [0.1, 0.15) is 70.2 Å². The molecule has 218 valence electrons. The third-order valence-electron chi connectivity index (χ3n) is 7.59. The first-order chi connectivity index (χ1) is 18.1. The van der Waals surface area contributed by atoms with Crippen molar-refractivity contribution in [3.05, 3.63) is 29.8 Å². The number of rotatable bonds is 7. The number of likely N-dealkylation sites (tertiary alicyclic amines) is 1. The van der Waals surface area contributed by atoms with Gasteiger partial charge >= 0.3 is 6.36 Å². The van der Waals surface area contributed by atoms with Gasteiger partial charge < -0.3 is 29.8 Å². The molecule has 12 heteroatoms. The SMILES string of the molecule is C[C@@H](C1CCC(NC(=O)c2ccc(OC(F)(F)F)cc2)CC1)[C@@H](C(=O)N1CC[C@H](F)C1)N(C(=O)[O-])C(C)(C)C. The minimum Gasteiger partial charge on any atom is -0.530 e. The molecule has 8 nitrogen and oxygen atoms in total. The Labute approximate surface area is 225 Å². The zero-order valence-electron chi connectivity index (χ0n) is 22.6. The number of carbonyl (C=O) groups excluding carboxylic acids is 3. The van der Waals surface area contributed by atoms with E-state index < -0.39 is 47.8 Å². The van der Waals surface area contributed by atoms with E-state index in [1.54, 1.807) is 20.8 Å². The molecule has 2 fully saturated rings. The summed E-state index contributed by atoms with van der Waals surface area (Å²) in [6.45, 7) is 7.07. The van der Waals surface area contributed by atoms with E-state index in [0.717, 1.165) is 17.0 Å². The van der Waals surface area contributed by atoms with Gasteiger partial charge in [-0.1, -0.05) is 6.92 Å². The molecule has 3 atom stereocenters. The second-order valence-corrected chi connectivity index (χ2v) is 11.4. The average molecular weight is 559 g/mol. The van der Waals surface area contributed by atoms with Gasteiger partial charge in [0.15, 0.2) is 0 Å². The predicted molar refractivity (Wildman–Crippen MR) is 132 cm³/mol. The van der Waals surface area contributed by atoms with Crippen molar-refractivity contribution in [1.29, 1.82) is 0 Å². The lowest BCUT2D eigenvalue weighted by atomic mass is 9.74. The average Bonchev–Trinajstić information content (AvgIpc) is 3.26. The van der Waals surface area contributed by atoms with Crippen LogP contribution in [0.4, 0.5) is 22.4 Å². The Kier molecular flexibility index (Phi) is 9.38. The molecule has 0 radical (unpaired) electrons. The highest BCUT2D eigenvalue weighted by Crippen LogP contribution is 2.36. The van der Waals surface area contributed by atoms with Gasteiger partial charge in [0.2, 0.25) is 5.91 Å². The zero-order chi connectivity index (χ0) is 29.1. The summed E-state index contributed by atoms with van der Waals surface area (Å²) in [5.41, 5.74) is -0.731. The van der Waals surface area contributed by atoms with E-state index in [9.17, 15) is 37.1 Å². The van der Waals surface area contributed by atoms with Crippen molar-refractivity contribution in [2.75, 3.05) is 13.1 Å². The van der Waals surface area contributed by atoms with Gasteiger partial charge in [-0.2, -0.15) is 0 Å². The Hall–Kier alpha value is -3.05. The van der Waals surface area contributed by atoms with Crippen molar-refractivity contribution < 1.29 is 41.8 Å². The highest BCUT2D eigenvalue weighted by molar-refractivity contribution is 5.94. The largest absolute Gasteiger partial charge is 0.573 e. The standard InChI is InChI=1S/C27H37F4N3O5/c1-16(22(34(25(37)38)26(2,3)4)24(36)33-14-13-19(28)15-33)17-5-9-20(10-6-17)32-23(35)18-7-11-21(12-8-18)39-27(29,30)31/h7-8,11-12,16-17,19-20,22H,5-6,9-10,13-15H2,1-4H3,(H,32,35)(H,37,38)/p-1/t16-,17?,19-,20?,22-/m0/s1. The Balaban J connectivity index is 1.65. The Morgan fingerprint density at radius 1 is 1.05 bits per heavy atom. The molecule has 1 aliphatic carbocycles. The van der Waals surface area contributed by atoms with Crippen LogP contribution >= 0.6 is 0 Å². The van der Waals surface area contributed by atoms with Crippen LogP contribution in [0.2, 0.25) is 0 Å². The number of carboxylic acid groups (broad SMARTS) is 1. The lowest BCUT2D eigenvalue weighted by Crippen LogP contribution is -2.63. The fraction of sp³-hybridized carbons (Fsp3) is 0.667. The van der Waals surface area contributed by atoms with E-state index in [1.165, 1.54) is 17.0 Å². The topological polar surface area (TPSA) is 102 Å². The maximum Gasteiger partial charge on any atom is 0.573 e. The number of alkyl halides is 4.